The Morgan fingerprint density at radius 1 is 1.47 bits per heavy atom. The van der Waals surface area contributed by atoms with Crippen LogP contribution in [0, 0.1) is 0 Å². The number of ether oxygens (including phenoxy) is 1. The highest BCUT2D eigenvalue weighted by molar-refractivity contribution is 5.53. The number of nitrogens with one attached hydrogen (secondary N) is 1. The molecule has 0 bridgehead atoms. The molecule has 1 saturated heterocycles. The van der Waals surface area contributed by atoms with Gasteiger partial charge >= 0.3 is 0 Å². The van der Waals surface area contributed by atoms with Gasteiger partial charge in [-0.2, -0.15) is 0 Å². The monoisotopic (exact) mass is 263 g/mol. The van der Waals surface area contributed by atoms with Gasteiger partial charge < -0.3 is 15.0 Å². The first-order valence-electron chi connectivity index (χ1n) is 7.42. The highest BCUT2D eigenvalue weighted by Crippen LogP contribution is 2.31. The zero-order valence-corrected chi connectivity index (χ0v) is 12.1. The number of anilines is 1. The van der Waals surface area contributed by atoms with Crippen LogP contribution in [-0.4, -0.2) is 37.3 Å². The molecule has 1 unspecified atom stereocenters. The van der Waals surface area contributed by atoms with Crippen molar-refractivity contribution in [3.05, 3.63) is 18.3 Å². The van der Waals surface area contributed by atoms with E-state index in [1.54, 1.807) is 0 Å². The molecule has 0 spiro atoms. The minimum atomic E-state index is 0.541. The van der Waals surface area contributed by atoms with Crippen LogP contribution in [0.4, 0.5) is 5.82 Å². The lowest BCUT2D eigenvalue weighted by molar-refractivity contribution is 0.316. The maximum absolute atomic E-state index is 5.83. The van der Waals surface area contributed by atoms with Crippen molar-refractivity contribution in [1.29, 1.82) is 0 Å². The molecule has 4 heteroatoms. The van der Waals surface area contributed by atoms with E-state index in [4.69, 9.17) is 4.74 Å². The van der Waals surface area contributed by atoms with Crippen LogP contribution in [-0.2, 0) is 0 Å². The number of aromatic nitrogens is 1. The number of hydrogen-bond acceptors (Lipinski definition) is 4. The van der Waals surface area contributed by atoms with E-state index in [0.29, 0.717) is 6.04 Å². The molecule has 1 aromatic heterocycles. The van der Waals surface area contributed by atoms with Crippen LogP contribution in [0.3, 0.4) is 0 Å². The fourth-order valence-corrected chi connectivity index (χ4v) is 2.56. The average Bonchev–Trinajstić information content (AvgIpc) is 2.91. The number of likely N-dealkylation sites (N-methyl/N-ethyl adjacent to an activating group) is 1. The smallest absolute Gasteiger partial charge is 0.171 e. The van der Waals surface area contributed by atoms with Gasteiger partial charge in [0.15, 0.2) is 11.6 Å². The molecule has 1 fully saturated rings. The molecule has 1 aliphatic heterocycles. The first-order valence-corrected chi connectivity index (χ1v) is 7.42. The summed E-state index contributed by atoms with van der Waals surface area (Å²) in [7, 11) is 0. The van der Waals surface area contributed by atoms with Crippen LogP contribution in [0.1, 0.15) is 33.1 Å². The summed E-state index contributed by atoms with van der Waals surface area (Å²) in [6.45, 7) is 8.15. The van der Waals surface area contributed by atoms with Crippen molar-refractivity contribution in [3.8, 4) is 5.75 Å². The van der Waals surface area contributed by atoms with Crippen molar-refractivity contribution < 1.29 is 4.74 Å². The molecular weight excluding hydrogens is 238 g/mol. The maximum atomic E-state index is 5.83. The van der Waals surface area contributed by atoms with E-state index in [1.165, 1.54) is 12.8 Å². The summed E-state index contributed by atoms with van der Waals surface area (Å²) in [5, 5.41) is 3.44. The minimum Gasteiger partial charge on any atom is -0.490 e. The quantitative estimate of drug-likeness (QED) is 0.820. The van der Waals surface area contributed by atoms with Crippen molar-refractivity contribution in [2.45, 2.75) is 39.2 Å². The molecule has 2 rings (SSSR count). The van der Waals surface area contributed by atoms with Gasteiger partial charge in [0, 0.05) is 25.3 Å². The van der Waals surface area contributed by atoms with E-state index in [0.717, 1.165) is 44.2 Å². The Bertz CT molecular complexity index is 383. The van der Waals surface area contributed by atoms with Crippen LogP contribution < -0.4 is 15.0 Å². The molecule has 1 aliphatic rings. The number of nitrogens with zero attached hydrogens (tertiary/aromatic N) is 2. The standard InChI is InChI=1S/C15H25N3O/c1-3-11-19-14-8-5-9-17-15(14)18-10-6-7-13(18)12-16-4-2/h5,8-9,13,16H,3-4,6-7,10-12H2,1-2H3. The number of hydrogen-bond donors (Lipinski definition) is 1. The summed E-state index contributed by atoms with van der Waals surface area (Å²) in [5.74, 6) is 1.93. The summed E-state index contributed by atoms with van der Waals surface area (Å²) in [4.78, 5) is 6.94. The first kappa shape index (κ1) is 14.1. The first-order chi connectivity index (χ1) is 9.36. The Balaban J connectivity index is 2.10. The zero-order valence-electron chi connectivity index (χ0n) is 12.1. The van der Waals surface area contributed by atoms with E-state index in [2.05, 4.69) is 29.0 Å². The number of rotatable bonds is 7. The molecule has 4 nitrogen and oxygen atoms in total. The molecule has 2 heterocycles. The average molecular weight is 263 g/mol. The van der Waals surface area contributed by atoms with Crippen LogP contribution in [0.2, 0.25) is 0 Å². The van der Waals surface area contributed by atoms with Crippen molar-refractivity contribution in [2.24, 2.45) is 0 Å². The van der Waals surface area contributed by atoms with Gasteiger partial charge in [0.05, 0.1) is 6.61 Å². The molecule has 0 saturated carbocycles. The molecule has 106 valence electrons. The van der Waals surface area contributed by atoms with Gasteiger partial charge in [-0.15, -0.1) is 0 Å². The van der Waals surface area contributed by atoms with Crippen LogP contribution in [0.5, 0.6) is 5.75 Å². The summed E-state index contributed by atoms with van der Waals surface area (Å²) >= 11 is 0. The van der Waals surface area contributed by atoms with Crippen molar-refractivity contribution in [3.63, 3.8) is 0 Å². The van der Waals surface area contributed by atoms with E-state index < -0.39 is 0 Å². The van der Waals surface area contributed by atoms with Gasteiger partial charge in [-0.1, -0.05) is 13.8 Å². The third-order valence-electron chi connectivity index (χ3n) is 3.49. The SMILES string of the molecule is CCCOc1cccnc1N1CCCC1CNCC. The highest BCUT2D eigenvalue weighted by atomic mass is 16.5. The van der Waals surface area contributed by atoms with E-state index in [1.807, 2.05) is 18.3 Å². The van der Waals surface area contributed by atoms with Crippen LogP contribution >= 0.6 is 0 Å². The maximum Gasteiger partial charge on any atom is 0.171 e. The van der Waals surface area contributed by atoms with Gasteiger partial charge in [0.1, 0.15) is 0 Å². The summed E-state index contributed by atoms with van der Waals surface area (Å²) in [5.41, 5.74) is 0. The normalized spacial score (nSPS) is 18.8. The largest absolute Gasteiger partial charge is 0.490 e. The lowest BCUT2D eigenvalue weighted by atomic mass is 10.2. The molecule has 1 aromatic rings. The molecule has 0 amide bonds. The van der Waals surface area contributed by atoms with E-state index in [-0.39, 0.29) is 0 Å². The second-order valence-electron chi connectivity index (χ2n) is 4.97. The summed E-state index contributed by atoms with van der Waals surface area (Å²) in [6, 6.07) is 4.52. The third kappa shape index (κ3) is 3.60. The Morgan fingerprint density at radius 2 is 2.37 bits per heavy atom. The molecule has 0 aromatic carbocycles. The molecule has 19 heavy (non-hydrogen) atoms. The Kier molecular flexibility index (Phi) is 5.45. The van der Waals surface area contributed by atoms with Gasteiger partial charge in [0.2, 0.25) is 0 Å². The van der Waals surface area contributed by atoms with E-state index in [9.17, 15) is 0 Å². The minimum absolute atomic E-state index is 0.541. The van der Waals surface area contributed by atoms with Crippen molar-refractivity contribution in [2.75, 3.05) is 31.1 Å². The fraction of sp³-hybridized carbons (Fsp3) is 0.667. The van der Waals surface area contributed by atoms with Gasteiger partial charge in [0.25, 0.3) is 0 Å². The number of pyridine rings is 1. The highest BCUT2D eigenvalue weighted by Gasteiger charge is 2.27. The Hall–Kier alpha value is -1.29. The van der Waals surface area contributed by atoms with Gasteiger partial charge in [-0.3, -0.25) is 0 Å². The van der Waals surface area contributed by atoms with Crippen molar-refractivity contribution >= 4 is 5.82 Å². The third-order valence-corrected chi connectivity index (χ3v) is 3.49. The lowest BCUT2D eigenvalue weighted by Crippen LogP contribution is -2.38. The summed E-state index contributed by atoms with van der Waals surface area (Å²) in [6.07, 6.45) is 5.35. The lowest BCUT2D eigenvalue weighted by Gasteiger charge is -2.27. The van der Waals surface area contributed by atoms with Crippen LogP contribution in [0.25, 0.3) is 0 Å². The predicted octanol–water partition coefficient (Wildman–Crippen LogP) is 2.45. The van der Waals surface area contributed by atoms with Crippen LogP contribution in [0.15, 0.2) is 18.3 Å². The molecule has 1 N–H and O–H groups in total. The van der Waals surface area contributed by atoms with E-state index >= 15 is 0 Å². The Morgan fingerprint density at radius 3 is 3.16 bits per heavy atom. The predicted molar refractivity (Wildman–Crippen MR) is 78.9 cm³/mol. The summed E-state index contributed by atoms with van der Waals surface area (Å²) < 4.78 is 5.83. The zero-order chi connectivity index (χ0) is 13.5. The second-order valence-corrected chi connectivity index (χ2v) is 4.97. The van der Waals surface area contributed by atoms with Gasteiger partial charge in [-0.25, -0.2) is 4.98 Å². The fourth-order valence-electron chi connectivity index (χ4n) is 2.56. The van der Waals surface area contributed by atoms with Crippen molar-refractivity contribution in [1.82, 2.24) is 10.3 Å². The molecular formula is C15H25N3O. The second kappa shape index (κ2) is 7.34. The molecule has 0 aliphatic carbocycles. The van der Waals surface area contributed by atoms with Gasteiger partial charge in [-0.05, 0) is 37.9 Å². The Labute approximate surface area is 116 Å². The molecule has 1 atom stereocenters. The molecule has 0 radical (unpaired) electrons. The topological polar surface area (TPSA) is 37.4 Å².